The van der Waals surface area contributed by atoms with E-state index >= 15 is 0 Å². The molecule has 1 aliphatic rings. The van der Waals surface area contributed by atoms with E-state index in [1.54, 1.807) is 0 Å². The van der Waals surface area contributed by atoms with Gasteiger partial charge in [-0.25, -0.2) is 5.10 Å². The van der Waals surface area contributed by atoms with E-state index in [1.165, 1.54) is 0 Å². The van der Waals surface area contributed by atoms with E-state index in [9.17, 15) is 0 Å². The predicted octanol–water partition coefficient (Wildman–Crippen LogP) is -0.436. The van der Waals surface area contributed by atoms with E-state index in [0.717, 1.165) is 5.71 Å². The van der Waals surface area contributed by atoms with E-state index in [2.05, 4.69) is 36.1 Å². The highest BCUT2D eigenvalue weighted by molar-refractivity contribution is 5.88. The summed E-state index contributed by atoms with van der Waals surface area (Å²) in [5, 5.41) is 24.1. The largest absolute Gasteiger partial charge is 0.243 e. The van der Waals surface area contributed by atoms with Crippen molar-refractivity contribution in [3.8, 4) is 0 Å². The summed E-state index contributed by atoms with van der Waals surface area (Å²) < 4.78 is 0. The van der Waals surface area contributed by atoms with Crippen LogP contribution in [0.15, 0.2) is 15.4 Å². The number of tetrazole rings is 1. The monoisotopic (exact) mass is 151 g/mol. The van der Waals surface area contributed by atoms with Crippen molar-refractivity contribution in [1.29, 1.82) is 0 Å². The first-order chi connectivity index (χ1) is 5.45. The molecule has 1 aromatic rings. The molecule has 0 radical (unpaired) electrons. The third-order valence-corrected chi connectivity index (χ3v) is 1.26. The van der Waals surface area contributed by atoms with Crippen LogP contribution in [0.1, 0.15) is 5.82 Å². The van der Waals surface area contributed by atoms with Crippen LogP contribution in [0.3, 0.4) is 0 Å². The average Bonchev–Trinajstić information content (AvgIpc) is 2.60. The molecule has 1 aromatic heterocycles. The Morgan fingerprint density at radius 1 is 1.45 bits per heavy atom. The molecule has 0 fully saturated rings. The van der Waals surface area contributed by atoms with Gasteiger partial charge in [0, 0.05) is 0 Å². The van der Waals surface area contributed by atoms with Gasteiger partial charge >= 0.3 is 0 Å². The van der Waals surface area contributed by atoms with Gasteiger partial charge in [0.15, 0.2) is 5.82 Å². The number of nitrogens with zero attached hydrogens (tertiary/aromatic N) is 6. The number of hydrogen-bond acceptors (Lipinski definition) is 6. The lowest BCUT2D eigenvalue weighted by Crippen LogP contribution is -2.05. The lowest BCUT2D eigenvalue weighted by molar-refractivity contribution is 0.881. The van der Waals surface area contributed by atoms with E-state index in [1.807, 2.05) is 0 Å². The molecular weight excluding hydrogens is 146 g/mol. The van der Waals surface area contributed by atoms with Gasteiger partial charge in [0.1, 0.15) is 6.54 Å². The van der Waals surface area contributed by atoms with Crippen LogP contribution in [0.25, 0.3) is 0 Å². The number of aromatic nitrogens is 4. The molecule has 0 saturated carbocycles. The minimum absolute atomic E-state index is 0.556. The third-order valence-electron chi connectivity index (χ3n) is 1.26. The summed E-state index contributed by atoms with van der Waals surface area (Å²) in [6.45, 7) is 0.556. The summed E-state index contributed by atoms with van der Waals surface area (Å²) >= 11 is 0. The molecule has 2 rings (SSSR count). The number of aromatic amines is 1. The Labute approximate surface area is 61.6 Å². The maximum Gasteiger partial charge on any atom is 0.154 e. The van der Waals surface area contributed by atoms with Gasteiger partial charge in [-0.3, -0.25) is 0 Å². The van der Waals surface area contributed by atoms with Crippen molar-refractivity contribution in [2.75, 3.05) is 6.54 Å². The van der Waals surface area contributed by atoms with Gasteiger partial charge in [-0.15, -0.1) is 10.2 Å². The van der Waals surface area contributed by atoms with E-state index < -0.39 is 0 Å². The molecule has 0 saturated heterocycles. The van der Waals surface area contributed by atoms with Gasteiger partial charge in [0.25, 0.3) is 0 Å². The first-order valence-corrected chi connectivity index (χ1v) is 3.10. The summed E-state index contributed by atoms with van der Waals surface area (Å²) in [6, 6.07) is 0. The fourth-order valence-corrected chi connectivity index (χ4v) is 0.778. The summed E-state index contributed by atoms with van der Waals surface area (Å²) in [4.78, 5) is 0. The standard InChI is InChI=1S/C4H5N7/c1(3-2-5-9-6-3)4-7-10-11-8-4/h1-2H2,(H,7,8,10,11). The zero-order valence-corrected chi connectivity index (χ0v) is 5.60. The minimum Gasteiger partial charge on any atom is -0.243 e. The second kappa shape index (κ2) is 2.52. The van der Waals surface area contributed by atoms with Crippen LogP contribution in [0, 0.1) is 0 Å². The highest BCUT2D eigenvalue weighted by atomic mass is 15.5. The van der Waals surface area contributed by atoms with Crippen molar-refractivity contribution in [3.63, 3.8) is 0 Å². The molecule has 0 aromatic carbocycles. The van der Waals surface area contributed by atoms with Crippen molar-refractivity contribution >= 4 is 5.71 Å². The van der Waals surface area contributed by atoms with Crippen LogP contribution in [-0.4, -0.2) is 32.9 Å². The predicted molar refractivity (Wildman–Crippen MR) is 35.0 cm³/mol. The van der Waals surface area contributed by atoms with Gasteiger partial charge in [-0.1, -0.05) is 0 Å². The summed E-state index contributed by atoms with van der Waals surface area (Å²) in [6.07, 6.45) is 0.597. The van der Waals surface area contributed by atoms with E-state index in [4.69, 9.17) is 0 Å². The number of nitrogens with one attached hydrogen (secondary N) is 1. The van der Waals surface area contributed by atoms with Crippen molar-refractivity contribution < 1.29 is 0 Å². The number of H-pyrrole nitrogens is 1. The zero-order valence-electron chi connectivity index (χ0n) is 5.60. The molecule has 11 heavy (non-hydrogen) atoms. The Morgan fingerprint density at radius 3 is 3.09 bits per heavy atom. The van der Waals surface area contributed by atoms with Gasteiger partial charge in [-0.05, 0) is 15.7 Å². The highest BCUT2D eigenvalue weighted by Crippen LogP contribution is 1.98. The van der Waals surface area contributed by atoms with Crippen LogP contribution in [0.5, 0.6) is 0 Å². The SMILES string of the molecule is C1N=NN=C1Cc1nnn[nH]1. The summed E-state index contributed by atoms with van der Waals surface area (Å²) in [5.74, 6) is 0.691. The molecular formula is C4H5N7. The van der Waals surface area contributed by atoms with Gasteiger partial charge in [0.2, 0.25) is 0 Å². The third kappa shape index (κ3) is 1.26. The van der Waals surface area contributed by atoms with Crippen molar-refractivity contribution in [2.24, 2.45) is 15.4 Å². The maximum atomic E-state index is 3.77. The second-order valence-corrected chi connectivity index (χ2v) is 2.08. The van der Waals surface area contributed by atoms with Crippen molar-refractivity contribution in [2.45, 2.75) is 6.42 Å². The Morgan fingerprint density at radius 2 is 2.45 bits per heavy atom. The highest BCUT2D eigenvalue weighted by Gasteiger charge is 2.07. The molecule has 1 N–H and O–H groups in total. The first-order valence-electron chi connectivity index (χ1n) is 3.10. The fourth-order valence-electron chi connectivity index (χ4n) is 0.778. The molecule has 2 heterocycles. The molecule has 56 valence electrons. The van der Waals surface area contributed by atoms with Crippen LogP contribution in [0.2, 0.25) is 0 Å². The average molecular weight is 151 g/mol. The first kappa shape index (κ1) is 6.08. The lowest BCUT2D eigenvalue weighted by atomic mass is 10.3. The van der Waals surface area contributed by atoms with Crippen LogP contribution < -0.4 is 0 Å². The molecule has 7 nitrogen and oxygen atoms in total. The zero-order chi connectivity index (χ0) is 7.52. The molecule has 0 bridgehead atoms. The minimum atomic E-state index is 0.556. The molecule has 7 heteroatoms. The van der Waals surface area contributed by atoms with Crippen molar-refractivity contribution in [1.82, 2.24) is 20.6 Å². The van der Waals surface area contributed by atoms with Crippen LogP contribution in [-0.2, 0) is 6.42 Å². The molecule has 0 unspecified atom stereocenters. The van der Waals surface area contributed by atoms with E-state index in [0.29, 0.717) is 18.8 Å². The normalized spacial score (nSPS) is 15.5. The second-order valence-electron chi connectivity index (χ2n) is 2.08. The molecule has 0 aliphatic carbocycles. The maximum absolute atomic E-state index is 3.77. The van der Waals surface area contributed by atoms with E-state index in [-0.39, 0.29) is 0 Å². The van der Waals surface area contributed by atoms with Gasteiger partial charge < -0.3 is 0 Å². The Hall–Kier alpha value is -1.66. The number of rotatable bonds is 2. The Balaban J connectivity index is 2.02. The molecule has 0 spiro atoms. The van der Waals surface area contributed by atoms with Gasteiger partial charge in [0.05, 0.1) is 12.1 Å². The Bertz CT molecular complexity index is 283. The van der Waals surface area contributed by atoms with Gasteiger partial charge in [-0.2, -0.15) is 5.11 Å². The molecule has 1 aliphatic heterocycles. The van der Waals surface area contributed by atoms with Crippen molar-refractivity contribution in [3.05, 3.63) is 5.82 Å². The lowest BCUT2D eigenvalue weighted by Gasteiger charge is -1.89. The fraction of sp³-hybridized carbons (Fsp3) is 0.500. The molecule has 0 atom stereocenters. The summed E-state index contributed by atoms with van der Waals surface area (Å²) in [7, 11) is 0. The topological polar surface area (TPSA) is 91.5 Å². The smallest absolute Gasteiger partial charge is 0.154 e. The van der Waals surface area contributed by atoms with Crippen LogP contribution in [0.4, 0.5) is 0 Å². The Kier molecular flexibility index (Phi) is 1.39. The quantitative estimate of drug-likeness (QED) is 0.621. The summed E-state index contributed by atoms with van der Waals surface area (Å²) in [5.41, 5.74) is 0.878. The number of hydrogen-bond donors (Lipinski definition) is 1. The molecule has 0 amide bonds. The van der Waals surface area contributed by atoms with Crippen LogP contribution >= 0.6 is 0 Å².